The number of aryl methyl sites for hydroxylation is 1. The van der Waals surface area contributed by atoms with E-state index in [1.807, 2.05) is 18.2 Å². The first kappa shape index (κ1) is 13.0. The Morgan fingerprint density at radius 3 is 2.78 bits per heavy atom. The van der Waals surface area contributed by atoms with Gasteiger partial charge in [-0.2, -0.15) is 0 Å². The van der Waals surface area contributed by atoms with Gasteiger partial charge in [-0.05, 0) is 18.6 Å². The first-order valence-corrected chi connectivity index (χ1v) is 6.89. The second-order valence-electron chi connectivity index (χ2n) is 3.61. The summed E-state index contributed by atoms with van der Waals surface area (Å²) in [6, 6.07) is 9.02. The van der Waals surface area contributed by atoms with Crippen molar-refractivity contribution in [2.24, 2.45) is 0 Å². The minimum Gasteiger partial charge on any atom is -0.296 e. The molecule has 94 valence electrons. The average molecular weight is 282 g/mol. The van der Waals surface area contributed by atoms with E-state index in [0.717, 1.165) is 17.8 Å². The number of hydrogen-bond acceptors (Lipinski definition) is 4. The molecule has 0 aliphatic rings. The largest absolute Gasteiger partial charge is 0.296 e. The van der Waals surface area contributed by atoms with Crippen LogP contribution in [-0.2, 0) is 6.42 Å². The number of nitrogens with zero attached hydrogens (tertiary/aromatic N) is 2. The summed E-state index contributed by atoms with van der Waals surface area (Å²) in [4.78, 5) is 11.8. The van der Waals surface area contributed by atoms with Gasteiger partial charge in [-0.1, -0.05) is 29.5 Å². The van der Waals surface area contributed by atoms with Gasteiger partial charge in [0.05, 0.1) is 0 Å². The van der Waals surface area contributed by atoms with Gasteiger partial charge in [-0.3, -0.25) is 10.1 Å². The van der Waals surface area contributed by atoms with Crippen molar-refractivity contribution in [2.75, 3.05) is 11.2 Å². The first-order valence-electron chi connectivity index (χ1n) is 5.54. The molecular weight excluding hydrogens is 270 g/mol. The maximum absolute atomic E-state index is 11.8. The second-order valence-corrected chi connectivity index (χ2v) is 5.05. The normalized spacial score (nSPS) is 10.3. The molecular formula is C12H12ClN3OS. The second kappa shape index (κ2) is 6.47. The molecule has 4 nitrogen and oxygen atoms in total. The molecule has 1 heterocycles. The van der Waals surface area contributed by atoms with Crippen LogP contribution in [0.4, 0.5) is 5.13 Å². The van der Waals surface area contributed by atoms with Crippen molar-refractivity contribution in [3.05, 3.63) is 40.9 Å². The van der Waals surface area contributed by atoms with Gasteiger partial charge in [0, 0.05) is 17.9 Å². The average Bonchev–Trinajstić information content (AvgIpc) is 2.85. The van der Waals surface area contributed by atoms with Gasteiger partial charge < -0.3 is 0 Å². The van der Waals surface area contributed by atoms with Crippen molar-refractivity contribution in [3.8, 4) is 0 Å². The predicted molar refractivity (Wildman–Crippen MR) is 73.3 cm³/mol. The molecule has 1 amide bonds. The summed E-state index contributed by atoms with van der Waals surface area (Å²) < 4.78 is 0. The Bertz CT molecular complexity index is 515. The molecule has 0 radical (unpaired) electrons. The summed E-state index contributed by atoms with van der Waals surface area (Å²) in [6.45, 7) is 0. The molecule has 0 bridgehead atoms. The molecule has 2 rings (SSSR count). The molecule has 0 aliphatic heterocycles. The Morgan fingerprint density at radius 1 is 1.28 bits per heavy atom. The molecule has 1 N–H and O–H groups in total. The molecule has 0 aliphatic carbocycles. The van der Waals surface area contributed by atoms with Gasteiger partial charge >= 0.3 is 0 Å². The lowest BCUT2D eigenvalue weighted by molar-refractivity contribution is 0.102. The van der Waals surface area contributed by atoms with E-state index in [1.165, 1.54) is 11.3 Å². The summed E-state index contributed by atoms with van der Waals surface area (Å²) >= 11 is 6.99. The Hall–Kier alpha value is -1.46. The zero-order valence-corrected chi connectivity index (χ0v) is 11.2. The molecule has 0 unspecified atom stereocenters. The van der Waals surface area contributed by atoms with Crippen LogP contribution >= 0.6 is 22.9 Å². The fraction of sp³-hybridized carbons (Fsp3) is 0.250. The van der Waals surface area contributed by atoms with Gasteiger partial charge in [0.2, 0.25) is 5.13 Å². The number of alkyl halides is 1. The number of rotatable bonds is 5. The number of nitrogens with one attached hydrogen (secondary N) is 1. The molecule has 0 saturated heterocycles. The Morgan fingerprint density at radius 2 is 2.06 bits per heavy atom. The third-order valence-corrected chi connectivity index (χ3v) is 3.41. The van der Waals surface area contributed by atoms with E-state index in [1.54, 1.807) is 12.1 Å². The van der Waals surface area contributed by atoms with Crippen molar-refractivity contribution >= 4 is 34.0 Å². The van der Waals surface area contributed by atoms with Gasteiger partial charge in [-0.15, -0.1) is 21.8 Å². The maximum atomic E-state index is 11.8. The van der Waals surface area contributed by atoms with E-state index in [2.05, 4.69) is 15.5 Å². The highest BCUT2D eigenvalue weighted by Crippen LogP contribution is 2.17. The van der Waals surface area contributed by atoms with Crippen LogP contribution in [0.25, 0.3) is 0 Å². The van der Waals surface area contributed by atoms with E-state index in [-0.39, 0.29) is 5.91 Å². The lowest BCUT2D eigenvalue weighted by Gasteiger charge is -1.99. The number of aromatic nitrogens is 2. The van der Waals surface area contributed by atoms with Gasteiger partial charge in [0.25, 0.3) is 5.91 Å². The summed E-state index contributed by atoms with van der Waals surface area (Å²) in [5.74, 6) is 0.432. The number of carbonyl (C=O) groups excluding carboxylic acids is 1. The molecule has 0 atom stereocenters. The van der Waals surface area contributed by atoms with E-state index in [9.17, 15) is 4.79 Å². The van der Waals surface area contributed by atoms with Gasteiger partial charge in [0.15, 0.2) is 0 Å². The molecule has 0 spiro atoms. The molecule has 1 aromatic carbocycles. The van der Waals surface area contributed by atoms with Crippen LogP contribution < -0.4 is 5.32 Å². The van der Waals surface area contributed by atoms with Crippen molar-refractivity contribution in [3.63, 3.8) is 0 Å². The number of hydrogen-bond donors (Lipinski definition) is 1. The smallest absolute Gasteiger partial charge is 0.257 e. The topological polar surface area (TPSA) is 54.9 Å². The molecule has 6 heteroatoms. The fourth-order valence-corrected chi connectivity index (χ4v) is 2.29. The summed E-state index contributed by atoms with van der Waals surface area (Å²) in [7, 11) is 0. The Kier molecular flexibility index (Phi) is 4.66. The lowest BCUT2D eigenvalue weighted by atomic mass is 10.2. The van der Waals surface area contributed by atoms with Gasteiger partial charge in [-0.25, -0.2) is 0 Å². The first-order chi connectivity index (χ1) is 8.79. The van der Waals surface area contributed by atoms with E-state index < -0.39 is 0 Å². The van der Waals surface area contributed by atoms with Crippen LogP contribution in [0.2, 0.25) is 0 Å². The summed E-state index contributed by atoms with van der Waals surface area (Å²) in [6.07, 6.45) is 1.66. The van der Waals surface area contributed by atoms with Crippen LogP contribution in [0, 0.1) is 0 Å². The Labute approximate surface area is 114 Å². The van der Waals surface area contributed by atoms with E-state index >= 15 is 0 Å². The van der Waals surface area contributed by atoms with Crippen LogP contribution in [0.3, 0.4) is 0 Å². The maximum Gasteiger partial charge on any atom is 0.257 e. The van der Waals surface area contributed by atoms with Crippen LogP contribution in [0.5, 0.6) is 0 Å². The number of anilines is 1. The highest BCUT2D eigenvalue weighted by atomic mass is 35.5. The van der Waals surface area contributed by atoms with Crippen molar-refractivity contribution in [1.82, 2.24) is 10.2 Å². The minimum absolute atomic E-state index is 0.171. The zero-order chi connectivity index (χ0) is 12.8. The number of carbonyl (C=O) groups is 1. The van der Waals surface area contributed by atoms with E-state index in [4.69, 9.17) is 11.6 Å². The third-order valence-electron chi connectivity index (χ3n) is 2.25. The molecule has 2 aromatic rings. The van der Waals surface area contributed by atoms with Crippen molar-refractivity contribution < 1.29 is 4.79 Å². The zero-order valence-electron chi connectivity index (χ0n) is 9.60. The Balaban J connectivity index is 1.97. The van der Waals surface area contributed by atoms with Crippen molar-refractivity contribution in [2.45, 2.75) is 12.8 Å². The highest BCUT2D eigenvalue weighted by Gasteiger charge is 2.09. The van der Waals surface area contributed by atoms with E-state index in [0.29, 0.717) is 16.6 Å². The predicted octanol–water partition coefficient (Wildman–Crippen LogP) is 2.96. The summed E-state index contributed by atoms with van der Waals surface area (Å²) in [5, 5.41) is 12.1. The lowest BCUT2D eigenvalue weighted by Crippen LogP contribution is -2.11. The number of benzene rings is 1. The molecule has 1 aromatic heterocycles. The fourth-order valence-electron chi connectivity index (χ4n) is 1.38. The molecule has 0 saturated carbocycles. The van der Waals surface area contributed by atoms with Crippen LogP contribution in [-0.4, -0.2) is 22.0 Å². The number of amides is 1. The summed E-state index contributed by atoms with van der Waals surface area (Å²) in [5.41, 5.74) is 0.606. The SMILES string of the molecule is O=C(Nc1nnc(CCCCl)s1)c1ccccc1. The monoisotopic (exact) mass is 281 g/mol. The quantitative estimate of drug-likeness (QED) is 0.857. The highest BCUT2D eigenvalue weighted by molar-refractivity contribution is 7.15. The third kappa shape index (κ3) is 3.51. The molecule has 18 heavy (non-hydrogen) atoms. The standard InChI is InChI=1S/C12H12ClN3OS/c13-8-4-7-10-15-16-12(18-10)14-11(17)9-5-2-1-3-6-9/h1-3,5-6H,4,7-8H2,(H,14,16,17). The number of halogens is 1. The minimum atomic E-state index is -0.171. The van der Waals surface area contributed by atoms with Crippen LogP contribution in [0.1, 0.15) is 21.8 Å². The van der Waals surface area contributed by atoms with Crippen LogP contribution in [0.15, 0.2) is 30.3 Å². The van der Waals surface area contributed by atoms with Crippen molar-refractivity contribution in [1.29, 1.82) is 0 Å². The molecule has 0 fully saturated rings. The van der Waals surface area contributed by atoms with Gasteiger partial charge in [0.1, 0.15) is 5.01 Å².